The summed E-state index contributed by atoms with van der Waals surface area (Å²) in [5.41, 5.74) is 3.35. The average molecular weight is 411 g/mol. The summed E-state index contributed by atoms with van der Waals surface area (Å²) in [7, 11) is 0. The van der Waals surface area contributed by atoms with Crippen LogP contribution < -0.4 is 0 Å². The zero-order valence-electron chi connectivity index (χ0n) is 14.2. The number of phenolic OH excluding ortho intramolecular Hbond substituents is 2. The third-order valence-corrected chi connectivity index (χ3v) is 5.16. The van der Waals surface area contributed by atoms with Crippen molar-refractivity contribution in [3.63, 3.8) is 0 Å². The van der Waals surface area contributed by atoms with Crippen LogP contribution in [0.15, 0.2) is 48.5 Å². The summed E-state index contributed by atoms with van der Waals surface area (Å²) >= 11 is 12.3. The van der Waals surface area contributed by atoms with E-state index in [2.05, 4.69) is 19.9 Å². The maximum Gasteiger partial charge on any atom is 0.142 e. The Morgan fingerprint density at radius 2 is 1.11 bits per heavy atom. The third-order valence-electron chi connectivity index (χ3n) is 4.55. The fourth-order valence-electron chi connectivity index (χ4n) is 3.21. The number of nitrogens with zero attached hydrogens (tertiary/aromatic N) is 2. The molecule has 138 valence electrons. The number of rotatable bonds is 2. The molecular formula is C20H12Cl2N4O2. The highest BCUT2D eigenvalue weighted by molar-refractivity contribution is 6.35. The predicted molar refractivity (Wildman–Crippen MR) is 110 cm³/mol. The summed E-state index contributed by atoms with van der Waals surface area (Å²) in [5, 5.41) is 22.2. The summed E-state index contributed by atoms with van der Waals surface area (Å²) in [4.78, 5) is 15.1. The number of H-pyrrole nitrogens is 2. The molecule has 0 aliphatic carbocycles. The van der Waals surface area contributed by atoms with Gasteiger partial charge in [-0.05, 0) is 36.4 Å². The number of aromatic hydroxyl groups is 2. The summed E-state index contributed by atoms with van der Waals surface area (Å²) in [5.74, 6) is 0.675. The standard InChI is InChI=1S/C20H12Cl2N4O2/c21-11-3-1-5-13-17(11)25-19(23-13)9-7-16(28)10(8-15(9)27)20-24-14-6-2-4-12(22)18(14)26-20/h1-8,27-28H,(H,23,25)(H,24,26). The lowest BCUT2D eigenvalue weighted by Crippen LogP contribution is -1.87. The highest BCUT2D eigenvalue weighted by Gasteiger charge is 2.18. The molecule has 0 saturated carbocycles. The second-order valence-electron chi connectivity index (χ2n) is 6.33. The van der Waals surface area contributed by atoms with Gasteiger partial charge in [-0.15, -0.1) is 0 Å². The molecule has 0 bridgehead atoms. The first kappa shape index (κ1) is 16.9. The smallest absolute Gasteiger partial charge is 0.142 e. The van der Waals surface area contributed by atoms with E-state index in [0.29, 0.717) is 43.9 Å². The van der Waals surface area contributed by atoms with Gasteiger partial charge in [-0.25, -0.2) is 9.97 Å². The van der Waals surface area contributed by atoms with E-state index in [-0.39, 0.29) is 11.5 Å². The molecule has 5 aromatic rings. The van der Waals surface area contributed by atoms with E-state index < -0.39 is 0 Å². The lowest BCUT2D eigenvalue weighted by molar-refractivity contribution is 0.463. The van der Waals surface area contributed by atoms with Crippen molar-refractivity contribution in [1.82, 2.24) is 19.9 Å². The molecule has 0 radical (unpaired) electrons. The van der Waals surface area contributed by atoms with E-state index in [1.165, 1.54) is 12.1 Å². The number of halogens is 2. The Morgan fingerprint density at radius 1 is 0.679 bits per heavy atom. The SMILES string of the molecule is Oc1cc(-c2nc3c(Cl)cccc3[nH]2)c(O)cc1-c1nc2c(Cl)cccc2[nH]1. The molecule has 0 unspecified atom stereocenters. The fourth-order valence-corrected chi connectivity index (χ4v) is 3.64. The molecule has 0 aliphatic rings. The monoisotopic (exact) mass is 410 g/mol. The van der Waals surface area contributed by atoms with Gasteiger partial charge >= 0.3 is 0 Å². The van der Waals surface area contributed by atoms with Crippen LogP contribution in [0, 0.1) is 0 Å². The lowest BCUT2D eigenvalue weighted by atomic mass is 10.1. The van der Waals surface area contributed by atoms with E-state index in [1.54, 1.807) is 24.3 Å². The molecule has 2 aromatic heterocycles. The van der Waals surface area contributed by atoms with Crippen molar-refractivity contribution in [1.29, 1.82) is 0 Å². The van der Waals surface area contributed by atoms with Gasteiger partial charge in [-0.3, -0.25) is 0 Å². The maximum absolute atomic E-state index is 10.6. The van der Waals surface area contributed by atoms with Crippen LogP contribution in [-0.4, -0.2) is 30.1 Å². The van der Waals surface area contributed by atoms with E-state index in [9.17, 15) is 10.2 Å². The molecule has 28 heavy (non-hydrogen) atoms. The van der Waals surface area contributed by atoms with E-state index in [0.717, 1.165) is 11.0 Å². The molecule has 4 N–H and O–H groups in total. The van der Waals surface area contributed by atoms with E-state index in [4.69, 9.17) is 23.2 Å². The van der Waals surface area contributed by atoms with Gasteiger partial charge in [-0.2, -0.15) is 0 Å². The van der Waals surface area contributed by atoms with Crippen LogP contribution in [0.25, 0.3) is 44.8 Å². The summed E-state index contributed by atoms with van der Waals surface area (Å²) in [6, 6.07) is 13.6. The number of imidazole rings is 2. The van der Waals surface area contributed by atoms with Gasteiger partial charge in [0.05, 0.1) is 32.2 Å². The van der Waals surface area contributed by atoms with Gasteiger partial charge < -0.3 is 20.2 Å². The predicted octanol–water partition coefficient (Wildman–Crippen LogP) is 5.49. The molecule has 6 nitrogen and oxygen atoms in total. The minimum atomic E-state index is -0.0606. The normalized spacial score (nSPS) is 11.5. The van der Waals surface area contributed by atoms with E-state index >= 15 is 0 Å². The van der Waals surface area contributed by atoms with Gasteiger partial charge in [0, 0.05) is 0 Å². The minimum absolute atomic E-state index is 0.0606. The van der Waals surface area contributed by atoms with Crippen molar-refractivity contribution in [2.24, 2.45) is 0 Å². The van der Waals surface area contributed by atoms with Crippen molar-refractivity contribution < 1.29 is 10.2 Å². The lowest BCUT2D eigenvalue weighted by Gasteiger charge is -2.07. The maximum atomic E-state index is 10.6. The molecule has 0 aliphatic heterocycles. The first-order chi connectivity index (χ1) is 13.5. The fraction of sp³-hybridized carbons (Fsp3) is 0. The van der Waals surface area contributed by atoms with Crippen LogP contribution in [0.1, 0.15) is 0 Å². The Morgan fingerprint density at radius 3 is 1.50 bits per heavy atom. The zero-order chi connectivity index (χ0) is 19.4. The highest BCUT2D eigenvalue weighted by Crippen LogP contribution is 2.39. The molecule has 0 spiro atoms. The Labute approximate surface area is 168 Å². The van der Waals surface area contributed by atoms with Crippen LogP contribution >= 0.6 is 23.2 Å². The van der Waals surface area contributed by atoms with Crippen LogP contribution in [0.2, 0.25) is 10.0 Å². The Bertz CT molecular complexity index is 1270. The second-order valence-corrected chi connectivity index (χ2v) is 7.14. The Balaban J connectivity index is 1.65. The van der Waals surface area contributed by atoms with Crippen LogP contribution in [0.4, 0.5) is 0 Å². The number of hydrogen-bond acceptors (Lipinski definition) is 4. The van der Waals surface area contributed by atoms with Crippen LogP contribution in [0.5, 0.6) is 11.5 Å². The number of aromatic amines is 2. The first-order valence-corrected chi connectivity index (χ1v) is 9.12. The number of fused-ring (bicyclic) bond motifs is 2. The largest absolute Gasteiger partial charge is 0.507 e. The molecule has 5 rings (SSSR count). The number of aromatic nitrogens is 4. The van der Waals surface area contributed by atoms with Crippen LogP contribution in [0.3, 0.4) is 0 Å². The second kappa shape index (κ2) is 6.15. The van der Waals surface area contributed by atoms with Gasteiger partial charge in [0.25, 0.3) is 0 Å². The molecule has 0 amide bonds. The van der Waals surface area contributed by atoms with Crippen molar-refractivity contribution in [3.05, 3.63) is 58.6 Å². The van der Waals surface area contributed by atoms with Crippen LogP contribution in [-0.2, 0) is 0 Å². The molecule has 3 aromatic carbocycles. The number of para-hydroxylation sites is 2. The molecule has 0 saturated heterocycles. The summed E-state index contributed by atoms with van der Waals surface area (Å²) in [6.45, 7) is 0. The van der Waals surface area contributed by atoms with Gasteiger partial charge in [0.15, 0.2) is 0 Å². The zero-order valence-corrected chi connectivity index (χ0v) is 15.7. The van der Waals surface area contributed by atoms with Gasteiger partial charge in [0.2, 0.25) is 0 Å². The van der Waals surface area contributed by atoms with Crippen molar-refractivity contribution in [2.75, 3.05) is 0 Å². The topological polar surface area (TPSA) is 97.8 Å². The number of benzene rings is 3. The Kier molecular flexibility index (Phi) is 3.72. The molecule has 8 heteroatoms. The summed E-state index contributed by atoms with van der Waals surface area (Å²) in [6.07, 6.45) is 0. The number of nitrogens with one attached hydrogen (secondary N) is 2. The number of phenols is 2. The van der Waals surface area contributed by atoms with Gasteiger partial charge in [-0.1, -0.05) is 35.3 Å². The quantitative estimate of drug-likeness (QED) is 0.289. The first-order valence-electron chi connectivity index (χ1n) is 8.36. The van der Waals surface area contributed by atoms with Gasteiger partial charge in [0.1, 0.15) is 34.2 Å². The molecule has 0 atom stereocenters. The third kappa shape index (κ3) is 2.58. The minimum Gasteiger partial charge on any atom is -0.507 e. The molecular weight excluding hydrogens is 399 g/mol. The van der Waals surface area contributed by atoms with E-state index in [1.807, 2.05) is 12.1 Å². The molecule has 2 heterocycles. The number of hydrogen-bond donors (Lipinski definition) is 4. The molecule has 0 fully saturated rings. The summed E-state index contributed by atoms with van der Waals surface area (Å²) < 4.78 is 0. The van der Waals surface area contributed by atoms with Crippen molar-refractivity contribution >= 4 is 45.3 Å². The van der Waals surface area contributed by atoms with Crippen molar-refractivity contribution in [3.8, 4) is 34.3 Å². The Hall–Kier alpha value is -3.22. The highest BCUT2D eigenvalue weighted by atomic mass is 35.5. The average Bonchev–Trinajstić information content (AvgIpc) is 3.29. The van der Waals surface area contributed by atoms with Crippen molar-refractivity contribution in [2.45, 2.75) is 0 Å².